The second-order valence-electron chi connectivity index (χ2n) is 6.54. The fourth-order valence-corrected chi connectivity index (χ4v) is 4.99. The van der Waals surface area contributed by atoms with E-state index in [-0.39, 0.29) is 12.1 Å². The fourth-order valence-electron chi connectivity index (χ4n) is 3.64. The summed E-state index contributed by atoms with van der Waals surface area (Å²) >= 11 is 1.75. The van der Waals surface area contributed by atoms with Gasteiger partial charge in [0.05, 0.1) is 30.1 Å². The van der Waals surface area contributed by atoms with E-state index >= 15 is 0 Å². The van der Waals surface area contributed by atoms with Crippen molar-refractivity contribution in [1.29, 1.82) is 0 Å². The van der Waals surface area contributed by atoms with E-state index in [0.717, 1.165) is 47.9 Å². The van der Waals surface area contributed by atoms with Crippen molar-refractivity contribution in [2.45, 2.75) is 33.0 Å². The lowest BCUT2D eigenvalue weighted by Gasteiger charge is -2.27. The first kappa shape index (κ1) is 16.4. The molecule has 0 bridgehead atoms. The minimum Gasteiger partial charge on any atom is -0.494 e. The predicted octanol–water partition coefficient (Wildman–Crippen LogP) is 1.96. The number of carbonyl (C=O) groups excluding carboxylic acids is 1. The Hall–Kier alpha value is -2.05. The number of hydrogen-bond donors (Lipinski definition) is 3. The first-order valence-corrected chi connectivity index (χ1v) is 9.79. The molecule has 132 valence electrons. The molecule has 3 N–H and O–H groups in total. The molecule has 0 aliphatic carbocycles. The van der Waals surface area contributed by atoms with Gasteiger partial charge in [-0.25, -0.2) is 0 Å². The van der Waals surface area contributed by atoms with Crippen LogP contribution in [0.4, 0.5) is 5.00 Å². The SMILES string of the molecule is CCOc1ccc([C@@H]2NC(=O)c3c(sc4c3CC[NH+](CC)C4)N2)cc1. The van der Waals surface area contributed by atoms with Gasteiger partial charge in [-0.15, -0.1) is 11.3 Å². The molecular weight excluding hydrogens is 334 g/mol. The number of carbonyl (C=O) groups is 1. The average molecular weight is 358 g/mol. The summed E-state index contributed by atoms with van der Waals surface area (Å²) in [5.74, 6) is 0.897. The van der Waals surface area contributed by atoms with Gasteiger partial charge >= 0.3 is 0 Å². The van der Waals surface area contributed by atoms with Crippen LogP contribution in [-0.2, 0) is 13.0 Å². The molecule has 0 saturated carbocycles. The highest BCUT2D eigenvalue weighted by atomic mass is 32.1. The molecular formula is C19H24N3O2S+. The molecule has 2 aliphatic heterocycles. The highest BCUT2D eigenvalue weighted by Gasteiger charge is 2.34. The van der Waals surface area contributed by atoms with Crippen molar-refractivity contribution in [3.8, 4) is 5.75 Å². The zero-order chi connectivity index (χ0) is 17.4. The van der Waals surface area contributed by atoms with Crippen molar-refractivity contribution in [3.63, 3.8) is 0 Å². The number of quaternary nitrogens is 1. The summed E-state index contributed by atoms with van der Waals surface area (Å²) in [6.07, 6.45) is 0.804. The van der Waals surface area contributed by atoms with Crippen LogP contribution < -0.4 is 20.3 Å². The van der Waals surface area contributed by atoms with E-state index in [0.29, 0.717) is 6.61 Å². The molecule has 1 unspecified atom stereocenters. The van der Waals surface area contributed by atoms with Crippen molar-refractivity contribution in [2.75, 3.05) is 25.0 Å². The second-order valence-corrected chi connectivity index (χ2v) is 7.65. The summed E-state index contributed by atoms with van der Waals surface area (Å²) in [4.78, 5) is 15.7. The largest absolute Gasteiger partial charge is 0.494 e. The number of hydrogen-bond acceptors (Lipinski definition) is 4. The first-order chi connectivity index (χ1) is 12.2. The van der Waals surface area contributed by atoms with Crippen molar-refractivity contribution < 1.29 is 14.4 Å². The van der Waals surface area contributed by atoms with Crippen molar-refractivity contribution in [1.82, 2.24) is 5.32 Å². The maximum absolute atomic E-state index is 12.7. The van der Waals surface area contributed by atoms with Gasteiger partial charge in [-0.1, -0.05) is 12.1 Å². The van der Waals surface area contributed by atoms with Crippen LogP contribution in [0.1, 0.15) is 46.4 Å². The summed E-state index contributed by atoms with van der Waals surface area (Å²) in [6, 6.07) is 7.91. The molecule has 1 aromatic carbocycles. The monoisotopic (exact) mass is 358 g/mol. The summed E-state index contributed by atoms with van der Waals surface area (Å²) < 4.78 is 5.49. The lowest BCUT2D eigenvalue weighted by atomic mass is 10.0. The minimum atomic E-state index is -0.189. The van der Waals surface area contributed by atoms with Crippen LogP contribution in [0, 0.1) is 0 Å². The Bertz CT molecular complexity index is 785. The average Bonchev–Trinajstić information content (AvgIpc) is 3.00. The van der Waals surface area contributed by atoms with Crippen LogP contribution in [0.25, 0.3) is 0 Å². The number of likely N-dealkylation sites (N-methyl/N-ethyl adjacent to an activating group) is 1. The number of ether oxygens (including phenoxy) is 1. The Morgan fingerprint density at radius 2 is 2.04 bits per heavy atom. The number of thiophene rings is 1. The standard InChI is InChI=1S/C19H23N3O2S/c1-3-22-10-9-14-15(11-22)25-19-16(14)18(23)20-17(21-19)12-5-7-13(8-6-12)24-4-2/h5-8,17,21H,3-4,9-11H2,1-2H3,(H,20,23)/p+1/t17-/m1/s1. The summed E-state index contributed by atoms with van der Waals surface area (Å²) in [7, 11) is 0. The normalized spacial score (nSPS) is 21.8. The highest BCUT2D eigenvalue weighted by Crippen LogP contribution is 2.39. The number of fused-ring (bicyclic) bond motifs is 3. The van der Waals surface area contributed by atoms with Crippen molar-refractivity contribution in [3.05, 3.63) is 45.8 Å². The van der Waals surface area contributed by atoms with Crippen LogP contribution in [0.2, 0.25) is 0 Å². The molecule has 2 aliphatic rings. The van der Waals surface area contributed by atoms with E-state index in [1.165, 1.54) is 10.4 Å². The zero-order valence-corrected chi connectivity index (χ0v) is 15.5. The molecule has 0 fully saturated rings. The summed E-state index contributed by atoms with van der Waals surface area (Å²) in [5, 5.41) is 7.65. The first-order valence-electron chi connectivity index (χ1n) is 8.97. The van der Waals surface area contributed by atoms with Crippen molar-refractivity contribution in [2.24, 2.45) is 0 Å². The fraction of sp³-hybridized carbons (Fsp3) is 0.421. The Labute approximate surface area is 152 Å². The Morgan fingerprint density at radius 1 is 1.24 bits per heavy atom. The molecule has 4 rings (SSSR count). The molecule has 0 radical (unpaired) electrons. The van der Waals surface area contributed by atoms with E-state index in [2.05, 4.69) is 17.6 Å². The highest BCUT2D eigenvalue weighted by molar-refractivity contribution is 7.16. The Kier molecular flexibility index (Phi) is 4.39. The van der Waals surface area contributed by atoms with Gasteiger partial charge in [-0.2, -0.15) is 0 Å². The second kappa shape index (κ2) is 6.69. The number of nitrogens with one attached hydrogen (secondary N) is 3. The van der Waals surface area contributed by atoms with Gasteiger partial charge in [-0.3, -0.25) is 4.79 Å². The number of rotatable bonds is 4. The van der Waals surface area contributed by atoms with Gasteiger partial charge in [-0.05, 0) is 37.1 Å². The third kappa shape index (κ3) is 3.00. The lowest BCUT2D eigenvalue weighted by Crippen LogP contribution is -3.11. The number of amides is 1. The molecule has 0 saturated heterocycles. The summed E-state index contributed by atoms with van der Waals surface area (Å²) in [6.45, 7) is 8.13. The molecule has 25 heavy (non-hydrogen) atoms. The van der Waals surface area contributed by atoms with Crippen molar-refractivity contribution >= 4 is 22.2 Å². The van der Waals surface area contributed by atoms with E-state index in [1.54, 1.807) is 16.2 Å². The van der Waals surface area contributed by atoms with Gasteiger partial charge in [0, 0.05) is 6.42 Å². The number of anilines is 1. The van der Waals surface area contributed by atoms with E-state index in [1.807, 2.05) is 31.2 Å². The third-order valence-electron chi connectivity index (χ3n) is 5.03. The quantitative estimate of drug-likeness (QED) is 0.783. The molecule has 2 atom stereocenters. The van der Waals surface area contributed by atoms with Crippen LogP contribution in [0.3, 0.4) is 0 Å². The smallest absolute Gasteiger partial charge is 0.256 e. The summed E-state index contributed by atoms with van der Waals surface area (Å²) in [5.41, 5.74) is 3.17. The van der Waals surface area contributed by atoms with Gasteiger partial charge in [0.25, 0.3) is 5.91 Å². The molecule has 2 aromatic rings. The maximum atomic E-state index is 12.7. The molecule has 3 heterocycles. The van der Waals surface area contributed by atoms with Crippen LogP contribution >= 0.6 is 11.3 Å². The zero-order valence-electron chi connectivity index (χ0n) is 14.6. The lowest BCUT2D eigenvalue weighted by molar-refractivity contribution is -0.913. The van der Waals surface area contributed by atoms with Crippen LogP contribution in [0.5, 0.6) is 5.75 Å². The molecule has 1 amide bonds. The molecule has 5 nitrogen and oxygen atoms in total. The Balaban J connectivity index is 1.59. The molecule has 0 spiro atoms. The van der Waals surface area contributed by atoms with Crippen LogP contribution in [-0.4, -0.2) is 25.6 Å². The number of benzene rings is 1. The third-order valence-corrected chi connectivity index (χ3v) is 6.20. The Morgan fingerprint density at radius 3 is 2.76 bits per heavy atom. The minimum absolute atomic E-state index is 0.0464. The van der Waals surface area contributed by atoms with Gasteiger partial charge < -0.3 is 20.3 Å². The topological polar surface area (TPSA) is 54.8 Å². The van der Waals surface area contributed by atoms with Crippen LogP contribution in [0.15, 0.2) is 24.3 Å². The van der Waals surface area contributed by atoms with Gasteiger partial charge in [0.2, 0.25) is 0 Å². The molecule has 1 aromatic heterocycles. The van der Waals surface area contributed by atoms with E-state index in [9.17, 15) is 4.79 Å². The van der Waals surface area contributed by atoms with Gasteiger partial charge in [0.1, 0.15) is 23.5 Å². The predicted molar refractivity (Wildman–Crippen MR) is 99.5 cm³/mol. The van der Waals surface area contributed by atoms with E-state index in [4.69, 9.17) is 4.74 Å². The van der Waals surface area contributed by atoms with Gasteiger partial charge in [0.15, 0.2) is 0 Å². The van der Waals surface area contributed by atoms with E-state index < -0.39 is 0 Å². The maximum Gasteiger partial charge on any atom is 0.256 e. The molecule has 6 heteroatoms.